The predicted molar refractivity (Wildman–Crippen MR) is 68.5 cm³/mol. The average molecular weight is 253 g/mol. The maximum Gasteiger partial charge on any atom is 0.240 e. The van der Waals surface area contributed by atoms with E-state index in [-0.39, 0.29) is 6.04 Å². The minimum Gasteiger partial charge on any atom is -0.208 e. The third-order valence-corrected chi connectivity index (χ3v) is 4.94. The molecule has 1 aromatic rings. The van der Waals surface area contributed by atoms with Crippen molar-refractivity contribution in [3.05, 3.63) is 29.3 Å². The second-order valence-corrected chi connectivity index (χ2v) is 6.43. The highest BCUT2D eigenvalue weighted by Gasteiger charge is 2.19. The maximum absolute atomic E-state index is 12.1. The van der Waals surface area contributed by atoms with Gasteiger partial charge in [0.15, 0.2) is 0 Å². The van der Waals surface area contributed by atoms with Crippen molar-refractivity contribution in [2.24, 2.45) is 0 Å². The lowest BCUT2D eigenvalue weighted by atomic mass is 10.1. The molecule has 0 radical (unpaired) electrons. The van der Waals surface area contributed by atoms with Crippen LogP contribution in [0.2, 0.25) is 0 Å². The van der Waals surface area contributed by atoms with E-state index in [0.717, 1.165) is 25.7 Å². The Morgan fingerprint density at radius 1 is 1.29 bits per heavy atom. The molecule has 1 N–H and O–H groups in total. The summed E-state index contributed by atoms with van der Waals surface area (Å²) in [6, 6.07) is 5.48. The van der Waals surface area contributed by atoms with Crippen molar-refractivity contribution in [3.8, 4) is 0 Å². The topological polar surface area (TPSA) is 46.2 Å². The van der Waals surface area contributed by atoms with Gasteiger partial charge in [-0.3, -0.25) is 0 Å². The number of rotatable bonds is 4. The fourth-order valence-electron chi connectivity index (χ4n) is 2.13. The van der Waals surface area contributed by atoms with Crippen LogP contribution in [0, 0.1) is 0 Å². The van der Waals surface area contributed by atoms with Crippen LogP contribution in [0.5, 0.6) is 0 Å². The summed E-state index contributed by atoms with van der Waals surface area (Å²) in [6.07, 6.45) is 4.01. The van der Waals surface area contributed by atoms with Gasteiger partial charge in [-0.15, -0.1) is 0 Å². The summed E-state index contributed by atoms with van der Waals surface area (Å²) in [6.45, 7) is 3.85. The summed E-state index contributed by atoms with van der Waals surface area (Å²) >= 11 is 0. The molecule has 1 aliphatic carbocycles. The van der Waals surface area contributed by atoms with Gasteiger partial charge in [0.1, 0.15) is 0 Å². The first-order valence-corrected chi connectivity index (χ1v) is 7.65. The molecule has 0 saturated heterocycles. The monoisotopic (exact) mass is 253 g/mol. The number of nitrogens with one attached hydrogen (secondary N) is 1. The zero-order valence-corrected chi connectivity index (χ0v) is 11.2. The van der Waals surface area contributed by atoms with Gasteiger partial charge in [0.05, 0.1) is 4.90 Å². The highest BCUT2D eigenvalue weighted by molar-refractivity contribution is 7.89. The molecule has 2 rings (SSSR count). The van der Waals surface area contributed by atoms with Crippen LogP contribution in [0.3, 0.4) is 0 Å². The van der Waals surface area contributed by atoms with Crippen molar-refractivity contribution in [1.82, 2.24) is 4.72 Å². The van der Waals surface area contributed by atoms with E-state index in [9.17, 15) is 8.42 Å². The van der Waals surface area contributed by atoms with Crippen molar-refractivity contribution in [3.63, 3.8) is 0 Å². The second kappa shape index (κ2) is 4.78. The fraction of sp³-hybridized carbons (Fsp3) is 0.538. The Bertz CT molecular complexity index is 508. The van der Waals surface area contributed by atoms with Crippen LogP contribution in [0.15, 0.2) is 23.1 Å². The Hall–Kier alpha value is -0.870. The smallest absolute Gasteiger partial charge is 0.208 e. The van der Waals surface area contributed by atoms with Crippen LogP contribution in [-0.2, 0) is 22.9 Å². The van der Waals surface area contributed by atoms with Gasteiger partial charge in [-0.05, 0) is 55.9 Å². The lowest BCUT2D eigenvalue weighted by Gasteiger charge is -2.12. The van der Waals surface area contributed by atoms with Crippen molar-refractivity contribution < 1.29 is 8.42 Å². The van der Waals surface area contributed by atoms with Crippen LogP contribution in [-0.4, -0.2) is 14.5 Å². The Balaban J connectivity index is 2.28. The number of fused-ring (bicyclic) bond motifs is 1. The number of aryl methyl sites for hydroxylation is 2. The van der Waals surface area contributed by atoms with Crippen LogP contribution in [0.1, 0.15) is 37.8 Å². The molecule has 1 aromatic carbocycles. The molecule has 0 heterocycles. The Labute approximate surface area is 103 Å². The van der Waals surface area contributed by atoms with E-state index in [4.69, 9.17) is 0 Å². The van der Waals surface area contributed by atoms with E-state index in [1.54, 1.807) is 6.07 Å². The zero-order chi connectivity index (χ0) is 12.5. The molecule has 17 heavy (non-hydrogen) atoms. The van der Waals surface area contributed by atoms with Gasteiger partial charge in [0, 0.05) is 6.04 Å². The van der Waals surface area contributed by atoms with E-state index >= 15 is 0 Å². The molecule has 0 aliphatic heterocycles. The standard InChI is InChI=1S/C13H19NO2S/c1-3-10(2)14-17(15,16)13-8-7-11-5-4-6-12(11)9-13/h7-10,14H,3-6H2,1-2H3. The minimum atomic E-state index is -3.34. The largest absolute Gasteiger partial charge is 0.240 e. The third kappa shape index (κ3) is 2.69. The van der Waals surface area contributed by atoms with E-state index in [1.165, 1.54) is 11.1 Å². The van der Waals surface area contributed by atoms with E-state index < -0.39 is 10.0 Å². The van der Waals surface area contributed by atoms with Gasteiger partial charge in [0.25, 0.3) is 0 Å². The quantitative estimate of drug-likeness (QED) is 0.894. The molecular weight excluding hydrogens is 234 g/mol. The van der Waals surface area contributed by atoms with Gasteiger partial charge < -0.3 is 0 Å². The predicted octanol–water partition coefficient (Wildman–Crippen LogP) is 2.25. The molecule has 1 aliphatic rings. The molecule has 94 valence electrons. The SMILES string of the molecule is CCC(C)NS(=O)(=O)c1ccc2c(c1)CCC2. The third-order valence-electron chi connectivity index (χ3n) is 3.35. The number of benzene rings is 1. The van der Waals surface area contributed by atoms with Crippen LogP contribution in [0.25, 0.3) is 0 Å². The molecule has 0 aromatic heterocycles. The summed E-state index contributed by atoms with van der Waals surface area (Å²) in [5.41, 5.74) is 2.49. The molecule has 0 saturated carbocycles. The first-order valence-electron chi connectivity index (χ1n) is 6.17. The van der Waals surface area contributed by atoms with E-state index in [1.807, 2.05) is 26.0 Å². The van der Waals surface area contributed by atoms with Crippen LogP contribution < -0.4 is 4.72 Å². The number of hydrogen-bond donors (Lipinski definition) is 1. The van der Waals surface area contributed by atoms with Crippen molar-refractivity contribution in [2.45, 2.75) is 50.5 Å². The van der Waals surface area contributed by atoms with Gasteiger partial charge >= 0.3 is 0 Å². The van der Waals surface area contributed by atoms with E-state index in [0.29, 0.717) is 4.90 Å². The first kappa shape index (κ1) is 12.6. The normalized spacial score (nSPS) is 16.8. The summed E-state index contributed by atoms with van der Waals surface area (Å²) in [7, 11) is -3.34. The number of hydrogen-bond acceptors (Lipinski definition) is 2. The maximum atomic E-state index is 12.1. The summed E-state index contributed by atoms with van der Waals surface area (Å²) in [5, 5.41) is 0. The molecule has 3 nitrogen and oxygen atoms in total. The van der Waals surface area contributed by atoms with Crippen LogP contribution >= 0.6 is 0 Å². The minimum absolute atomic E-state index is 0.0201. The Morgan fingerprint density at radius 3 is 2.71 bits per heavy atom. The highest BCUT2D eigenvalue weighted by atomic mass is 32.2. The van der Waals surface area contributed by atoms with Gasteiger partial charge in [-0.25, -0.2) is 13.1 Å². The van der Waals surface area contributed by atoms with Gasteiger partial charge in [-0.2, -0.15) is 0 Å². The molecule has 1 unspecified atom stereocenters. The first-order chi connectivity index (χ1) is 8.03. The lowest BCUT2D eigenvalue weighted by Crippen LogP contribution is -2.32. The molecule has 1 atom stereocenters. The fourth-order valence-corrected chi connectivity index (χ4v) is 3.51. The second-order valence-electron chi connectivity index (χ2n) is 4.71. The van der Waals surface area contributed by atoms with Gasteiger partial charge in [0.2, 0.25) is 10.0 Å². The zero-order valence-electron chi connectivity index (χ0n) is 10.4. The van der Waals surface area contributed by atoms with E-state index in [2.05, 4.69) is 4.72 Å². The average Bonchev–Trinajstić information content (AvgIpc) is 2.75. The summed E-state index contributed by atoms with van der Waals surface area (Å²) in [4.78, 5) is 0.401. The van der Waals surface area contributed by atoms with Crippen molar-refractivity contribution >= 4 is 10.0 Å². The van der Waals surface area contributed by atoms with Gasteiger partial charge in [-0.1, -0.05) is 13.0 Å². The molecule has 0 fully saturated rings. The Morgan fingerprint density at radius 2 is 2.00 bits per heavy atom. The summed E-state index contributed by atoms with van der Waals surface area (Å²) < 4.78 is 26.9. The molecular formula is C13H19NO2S. The molecule has 0 spiro atoms. The summed E-state index contributed by atoms with van der Waals surface area (Å²) in [5.74, 6) is 0. The highest BCUT2D eigenvalue weighted by Crippen LogP contribution is 2.24. The number of sulfonamides is 1. The van der Waals surface area contributed by atoms with Crippen molar-refractivity contribution in [2.75, 3.05) is 0 Å². The van der Waals surface area contributed by atoms with Crippen molar-refractivity contribution in [1.29, 1.82) is 0 Å². The lowest BCUT2D eigenvalue weighted by molar-refractivity contribution is 0.556. The molecule has 4 heteroatoms. The Kier molecular flexibility index (Phi) is 3.54. The molecule has 0 bridgehead atoms. The molecule has 0 amide bonds. The van der Waals surface area contributed by atoms with Crippen LogP contribution in [0.4, 0.5) is 0 Å².